The fraction of sp³-hybridized carbons (Fsp3) is 0.0870. The summed E-state index contributed by atoms with van der Waals surface area (Å²) in [6.45, 7) is 1.81. The molecular weight excluding hydrogens is 480 g/mol. The molecule has 1 heterocycles. The van der Waals surface area contributed by atoms with Gasteiger partial charge in [-0.25, -0.2) is 4.98 Å². The van der Waals surface area contributed by atoms with Crippen molar-refractivity contribution in [2.45, 2.75) is 17.9 Å². The van der Waals surface area contributed by atoms with E-state index in [1.807, 2.05) is 6.92 Å². The van der Waals surface area contributed by atoms with Crippen molar-refractivity contribution in [3.8, 4) is 5.75 Å². The highest BCUT2D eigenvalue weighted by molar-refractivity contribution is 7.89. The Morgan fingerprint density at radius 2 is 1.82 bits per heavy atom. The Morgan fingerprint density at radius 1 is 1.12 bits per heavy atom. The summed E-state index contributed by atoms with van der Waals surface area (Å²) in [5.41, 5.74) is 0.0683. The van der Waals surface area contributed by atoms with Gasteiger partial charge in [0.15, 0.2) is 5.69 Å². The molecule has 0 fully saturated rings. The fourth-order valence-electron chi connectivity index (χ4n) is 3.22. The molecule has 4 aromatic rings. The average Bonchev–Trinajstić information content (AvgIpc) is 2.80. The quantitative estimate of drug-likeness (QED) is 0.237. The van der Waals surface area contributed by atoms with Crippen LogP contribution in [0.1, 0.15) is 22.9 Å². The number of para-hydroxylation sites is 1. The lowest BCUT2D eigenvalue weighted by atomic mass is 10.0. The van der Waals surface area contributed by atoms with Crippen LogP contribution in [0.2, 0.25) is 5.02 Å². The number of aliphatic hydroxyl groups is 1. The first-order valence-electron chi connectivity index (χ1n) is 9.98. The normalized spacial score (nSPS) is 13.1. The summed E-state index contributed by atoms with van der Waals surface area (Å²) in [4.78, 5) is 21.7. The minimum atomic E-state index is -4.14. The molecule has 1 unspecified atom stereocenters. The Morgan fingerprint density at radius 3 is 2.53 bits per heavy atom. The van der Waals surface area contributed by atoms with Crippen LogP contribution in [0.3, 0.4) is 0 Å². The summed E-state index contributed by atoms with van der Waals surface area (Å²) in [6.07, 6.45) is -1.68. The molecule has 0 amide bonds. The van der Waals surface area contributed by atoms with Crippen LogP contribution >= 0.6 is 11.6 Å². The van der Waals surface area contributed by atoms with Crippen LogP contribution in [-0.4, -0.2) is 34.3 Å². The minimum Gasteiger partial charge on any atom is -0.508 e. The number of hydrazone groups is 1. The third-order valence-corrected chi connectivity index (χ3v) is 6.46. The molecule has 11 heteroatoms. The zero-order chi connectivity index (χ0) is 24.5. The highest BCUT2D eigenvalue weighted by Gasteiger charge is 2.26. The van der Waals surface area contributed by atoms with Gasteiger partial charge in [0.1, 0.15) is 17.6 Å². The van der Waals surface area contributed by atoms with Crippen molar-refractivity contribution >= 4 is 38.4 Å². The largest absolute Gasteiger partial charge is 0.508 e. The van der Waals surface area contributed by atoms with Crippen molar-refractivity contribution in [2.24, 2.45) is 5.10 Å². The molecule has 0 aliphatic heterocycles. The van der Waals surface area contributed by atoms with Crippen LogP contribution in [0.15, 0.2) is 81.5 Å². The van der Waals surface area contributed by atoms with Gasteiger partial charge in [-0.2, -0.15) is 18.4 Å². The molecule has 0 bridgehead atoms. The van der Waals surface area contributed by atoms with E-state index in [1.54, 1.807) is 36.4 Å². The molecule has 0 radical (unpaired) electrons. The standard InChI is InChI=1S/C23H19ClN4O5S/c1-13-6-9-15(10-7-13)34(32,33)28-27-20(22(30)16-4-2-3-5-19(16)29)21-23(31)26-18-12-14(24)8-11-17(18)25-21/h2-12,22,28-30H,1H3,(H,26,31)/b27-20+. The van der Waals surface area contributed by atoms with Crippen molar-refractivity contribution in [3.05, 3.63) is 98.9 Å². The number of rotatable bonds is 6. The van der Waals surface area contributed by atoms with E-state index in [0.29, 0.717) is 16.1 Å². The number of halogens is 1. The molecule has 1 atom stereocenters. The molecule has 0 saturated heterocycles. The molecule has 174 valence electrons. The zero-order valence-corrected chi connectivity index (χ0v) is 19.3. The van der Waals surface area contributed by atoms with E-state index in [2.05, 4.69) is 19.9 Å². The van der Waals surface area contributed by atoms with E-state index >= 15 is 0 Å². The van der Waals surface area contributed by atoms with Crippen molar-refractivity contribution in [1.29, 1.82) is 0 Å². The van der Waals surface area contributed by atoms with Crippen LogP contribution in [0.4, 0.5) is 0 Å². The lowest BCUT2D eigenvalue weighted by Gasteiger charge is -2.15. The SMILES string of the molecule is Cc1ccc(S(=O)(=O)N/N=C(\c2nc3ccc(Cl)cc3[nH]c2=O)C(O)c2ccccc2O)cc1. The highest BCUT2D eigenvalue weighted by atomic mass is 35.5. The molecule has 34 heavy (non-hydrogen) atoms. The predicted molar refractivity (Wildman–Crippen MR) is 128 cm³/mol. The number of aromatic amines is 1. The lowest BCUT2D eigenvalue weighted by molar-refractivity contribution is 0.241. The molecule has 4 N–H and O–H groups in total. The maximum atomic E-state index is 12.8. The number of nitrogens with one attached hydrogen (secondary N) is 2. The van der Waals surface area contributed by atoms with Crippen LogP contribution in [0.25, 0.3) is 11.0 Å². The van der Waals surface area contributed by atoms with E-state index in [-0.39, 0.29) is 21.9 Å². The molecule has 4 rings (SSSR count). The molecule has 0 saturated carbocycles. The van der Waals surface area contributed by atoms with Gasteiger partial charge < -0.3 is 15.2 Å². The Hall–Kier alpha value is -3.73. The van der Waals surface area contributed by atoms with Crippen molar-refractivity contribution < 1.29 is 18.6 Å². The van der Waals surface area contributed by atoms with E-state index in [9.17, 15) is 23.4 Å². The van der Waals surface area contributed by atoms with Crippen LogP contribution in [-0.2, 0) is 10.0 Å². The van der Waals surface area contributed by atoms with Gasteiger partial charge >= 0.3 is 0 Å². The Bertz CT molecular complexity index is 1570. The number of phenols is 1. The summed E-state index contributed by atoms with van der Waals surface area (Å²) in [5, 5.41) is 25.5. The maximum Gasteiger partial charge on any atom is 0.276 e. The number of H-pyrrole nitrogens is 1. The summed E-state index contributed by atoms with van der Waals surface area (Å²) < 4.78 is 25.5. The predicted octanol–water partition coefficient (Wildman–Crippen LogP) is 3.01. The minimum absolute atomic E-state index is 0.00758. The van der Waals surface area contributed by atoms with E-state index in [0.717, 1.165) is 5.56 Å². The first kappa shape index (κ1) is 23.4. The molecule has 1 aromatic heterocycles. The number of nitrogens with zero attached hydrogens (tertiary/aromatic N) is 2. The zero-order valence-electron chi connectivity index (χ0n) is 17.7. The van der Waals surface area contributed by atoms with E-state index < -0.39 is 27.4 Å². The second kappa shape index (κ2) is 9.26. The molecular formula is C23H19ClN4O5S. The number of sulfonamides is 1. The average molecular weight is 499 g/mol. The summed E-state index contributed by atoms with van der Waals surface area (Å²) in [7, 11) is -4.14. The summed E-state index contributed by atoms with van der Waals surface area (Å²) in [6, 6.07) is 16.5. The number of hydrogen-bond donors (Lipinski definition) is 4. The lowest BCUT2D eigenvalue weighted by Crippen LogP contribution is -2.29. The number of aromatic nitrogens is 2. The van der Waals surface area contributed by atoms with Gasteiger partial charge in [0, 0.05) is 10.6 Å². The molecule has 3 aromatic carbocycles. The molecule has 0 aliphatic rings. The Labute approximate surface area is 199 Å². The number of benzene rings is 3. The maximum absolute atomic E-state index is 12.8. The monoisotopic (exact) mass is 498 g/mol. The Balaban J connectivity index is 1.85. The third kappa shape index (κ3) is 4.79. The van der Waals surface area contributed by atoms with Gasteiger partial charge in [-0.3, -0.25) is 4.79 Å². The highest BCUT2D eigenvalue weighted by Crippen LogP contribution is 2.26. The van der Waals surface area contributed by atoms with Gasteiger partial charge in [0.05, 0.1) is 15.9 Å². The number of aromatic hydroxyl groups is 1. The molecule has 0 aliphatic carbocycles. The summed E-state index contributed by atoms with van der Waals surface area (Å²) in [5.74, 6) is -0.270. The van der Waals surface area contributed by atoms with E-state index in [1.165, 1.54) is 30.3 Å². The van der Waals surface area contributed by atoms with Crippen molar-refractivity contribution in [3.63, 3.8) is 0 Å². The van der Waals surface area contributed by atoms with Gasteiger partial charge in [-0.05, 0) is 43.3 Å². The van der Waals surface area contributed by atoms with Crippen LogP contribution in [0, 0.1) is 6.92 Å². The topological polar surface area (TPSA) is 145 Å². The second-order valence-corrected chi connectivity index (χ2v) is 9.54. The number of aliphatic hydroxyl groups excluding tert-OH is 1. The Kier molecular flexibility index (Phi) is 6.38. The van der Waals surface area contributed by atoms with Gasteiger partial charge in [0.25, 0.3) is 15.6 Å². The number of hydrogen-bond acceptors (Lipinski definition) is 7. The number of phenolic OH excluding ortho intramolecular Hbond substituents is 1. The van der Waals surface area contributed by atoms with Crippen molar-refractivity contribution in [2.75, 3.05) is 0 Å². The van der Waals surface area contributed by atoms with E-state index in [4.69, 9.17) is 11.6 Å². The number of fused-ring (bicyclic) bond motifs is 1. The van der Waals surface area contributed by atoms with Gasteiger partial charge in [-0.1, -0.05) is 47.5 Å². The van der Waals surface area contributed by atoms with Crippen LogP contribution < -0.4 is 10.4 Å². The first-order chi connectivity index (χ1) is 16.2. The second-order valence-electron chi connectivity index (χ2n) is 7.44. The van der Waals surface area contributed by atoms with Gasteiger partial charge in [-0.15, -0.1) is 0 Å². The van der Waals surface area contributed by atoms with Crippen molar-refractivity contribution in [1.82, 2.24) is 14.8 Å². The third-order valence-electron chi connectivity index (χ3n) is 5.00. The van der Waals surface area contributed by atoms with Crippen LogP contribution in [0.5, 0.6) is 5.75 Å². The molecule has 0 spiro atoms. The molecule has 9 nitrogen and oxygen atoms in total. The first-order valence-corrected chi connectivity index (χ1v) is 11.8. The van der Waals surface area contributed by atoms with Gasteiger partial charge in [0.2, 0.25) is 0 Å². The summed E-state index contributed by atoms with van der Waals surface area (Å²) >= 11 is 5.97. The fourth-order valence-corrected chi connectivity index (χ4v) is 4.21. The number of aryl methyl sites for hydroxylation is 1. The smallest absolute Gasteiger partial charge is 0.276 e.